The highest BCUT2D eigenvalue weighted by atomic mass is 35.5. The average molecular weight is 577 g/mol. The molecule has 2 heterocycles. The van der Waals surface area contributed by atoms with E-state index >= 15 is 0 Å². The predicted molar refractivity (Wildman–Crippen MR) is 155 cm³/mol. The van der Waals surface area contributed by atoms with Gasteiger partial charge in [-0.2, -0.15) is 0 Å². The van der Waals surface area contributed by atoms with Gasteiger partial charge in [-0.3, -0.25) is 14.5 Å². The summed E-state index contributed by atoms with van der Waals surface area (Å²) < 4.78 is 10.8. The fourth-order valence-corrected chi connectivity index (χ4v) is 6.50. The Morgan fingerprint density at radius 1 is 0.925 bits per heavy atom. The fourth-order valence-electron chi connectivity index (χ4n) is 5.78. The quantitative estimate of drug-likeness (QED) is 0.262. The smallest absolute Gasteiger partial charge is 0.261 e. The number of benzene rings is 3. The number of hydrogen-bond donors (Lipinski definition) is 1. The van der Waals surface area contributed by atoms with Crippen molar-refractivity contribution >= 4 is 51.9 Å². The second-order valence-electron chi connectivity index (χ2n) is 10.2. The Kier molecular flexibility index (Phi) is 6.76. The van der Waals surface area contributed by atoms with Crippen LogP contribution in [0.5, 0.6) is 11.5 Å². The highest BCUT2D eigenvalue weighted by molar-refractivity contribution is 6.41. The van der Waals surface area contributed by atoms with Crippen molar-refractivity contribution in [1.82, 2.24) is 14.9 Å². The first kappa shape index (κ1) is 26.3. The number of hydrogen-bond acceptors (Lipinski definition) is 7. The molecule has 1 N–H and O–H groups in total. The molecule has 1 aromatic heterocycles. The molecule has 0 spiro atoms. The first-order chi connectivity index (χ1) is 19.3. The number of fused-ring (bicyclic) bond motifs is 2. The van der Waals surface area contributed by atoms with Crippen LogP contribution < -0.4 is 14.8 Å². The van der Waals surface area contributed by atoms with E-state index in [0.717, 1.165) is 17.4 Å². The number of nitrogens with zero attached hydrogens (tertiary/aromatic N) is 3. The first-order valence-corrected chi connectivity index (χ1v) is 13.7. The van der Waals surface area contributed by atoms with E-state index in [4.69, 9.17) is 37.7 Å². The Morgan fingerprint density at radius 3 is 2.20 bits per heavy atom. The van der Waals surface area contributed by atoms with Crippen LogP contribution >= 0.6 is 23.2 Å². The Balaban J connectivity index is 1.29. The highest BCUT2D eigenvalue weighted by Crippen LogP contribution is 2.46. The van der Waals surface area contributed by atoms with Crippen molar-refractivity contribution in [2.24, 2.45) is 5.92 Å². The maximum Gasteiger partial charge on any atom is 0.261 e. The van der Waals surface area contributed by atoms with E-state index in [1.807, 2.05) is 18.2 Å². The number of carbonyl (C=O) groups excluding carboxylic acids is 2. The van der Waals surface area contributed by atoms with Gasteiger partial charge < -0.3 is 14.8 Å². The molecule has 204 valence electrons. The molecule has 4 aromatic rings. The number of nitrogens with one attached hydrogen (secondary N) is 1. The van der Waals surface area contributed by atoms with Crippen LogP contribution in [0.25, 0.3) is 22.0 Å². The van der Waals surface area contributed by atoms with E-state index in [0.29, 0.717) is 62.0 Å². The van der Waals surface area contributed by atoms with Gasteiger partial charge in [0.05, 0.1) is 53.0 Å². The van der Waals surface area contributed by atoms with Crippen LogP contribution in [0.3, 0.4) is 0 Å². The summed E-state index contributed by atoms with van der Waals surface area (Å²) >= 11 is 13.2. The lowest BCUT2D eigenvalue weighted by Gasteiger charge is -2.28. The van der Waals surface area contributed by atoms with Gasteiger partial charge in [-0.1, -0.05) is 48.3 Å². The second-order valence-corrected chi connectivity index (χ2v) is 10.9. The zero-order valence-electron chi connectivity index (χ0n) is 22.1. The molecule has 40 heavy (non-hydrogen) atoms. The van der Waals surface area contributed by atoms with Crippen molar-refractivity contribution in [1.29, 1.82) is 0 Å². The van der Waals surface area contributed by atoms with E-state index in [1.54, 1.807) is 36.5 Å². The monoisotopic (exact) mass is 576 g/mol. The van der Waals surface area contributed by atoms with Crippen molar-refractivity contribution < 1.29 is 19.1 Å². The highest BCUT2D eigenvalue weighted by Gasteiger charge is 2.46. The molecule has 2 amide bonds. The molecule has 1 aliphatic heterocycles. The van der Waals surface area contributed by atoms with Crippen molar-refractivity contribution in [3.8, 4) is 22.6 Å². The number of carbonyl (C=O) groups is 2. The molecule has 1 unspecified atom stereocenters. The minimum atomic E-state index is -0.295. The molecule has 1 aliphatic carbocycles. The summed E-state index contributed by atoms with van der Waals surface area (Å²) in [5.41, 5.74) is 2.98. The molecule has 10 heteroatoms. The zero-order chi connectivity index (χ0) is 28.1. The van der Waals surface area contributed by atoms with Gasteiger partial charge >= 0.3 is 0 Å². The molecule has 0 bridgehead atoms. The number of anilines is 1. The number of aromatic nitrogens is 2. The fraction of sp³-hybridized carbons (Fsp3) is 0.267. The normalized spacial score (nSPS) is 20.2. The van der Waals surface area contributed by atoms with Crippen LogP contribution in [0.4, 0.5) is 5.95 Å². The molecule has 1 saturated carbocycles. The molecule has 0 radical (unpaired) electrons. The lowest BCUT2D eigenvalue weighted by molar-refractivity contribution is 0.0577. The van der Waals surface area contributed by atoms with E-state index in [2.05, 4.69) is 17.2 Å². The summed E-state index contributed by atoms with van der Waals surface area (Å²) in [4.78, 5) is 37.0. The van der Waals surface area contributed by atoms with Crippen LogP contribution in [0, 0.1) is 5.92 Å². The van der Waals surface area contributed by atoms with Gasteiger partial charge in [0, 0.05) is 23.2 Å². The lowest BCUT2D eigenvalue weighted by atomic mass is 10.0. The lowest BCUT2D eigenvalue weighted by Crippen LogP contribution is -2.47. The Labute approximate surface area is 241 Å². The molecule has 1 fully saturated rings. The minimum Gasteiger partial charge on any atom is -0.495 e. The summed E-state index contributed by atoms with van der Waals surface area (Å²) in [7, 11) is 3.07. The van der Waals surface area contributed by atoms with Gasteiger partial charge in [0.1, 0.15) is 11.5 Å². The molecular weight excluding hydrogens is 551 g/mol. The molecule has 0 saturated heterocycles. The van der Waals surface area contributed by atoms with Crippen molar-refractivity contribution in [3.05, 3.63) is 75.9 Å². The van der Waals surface area contributed by atoms with Crippen LogP contribution in [0.2, 0.25) is 10.0 Å². The van der Waals surface area contributed by atoms with Gasteiger partial charge in [0.2, 0.25) is 5.95 Å². The van der Waals surface area contributed by atoms with Gasteiger partial charge in [-0.25, -0.2) is 9.97 Å². The third-order valence-corrected chi connectivity index (χ3v) is 8.43. The van der Waals surface area contributed by atoms with Crippen LogP contribution in [-0.4, -0.2) is 53.0 Å². The zero-order valence-corrected chi connectivity index (χ0v) is 23.6. The van der Waals surface area contributed by atoms with E-state index < -0.39 is 0 Å². The summed E-state index contributed by atoms with van der Waals surface area (Å²) in [6, 6.07) is 13.8. The molecule has 2 aliphatic rings. The van der Waals surface area contributed by atoms with Crippen LogP contribution in [0.15, 0.2) is 54.7 Å². The third kappa shape index (κ3) is 4.32. The number of amides is 2. The van der Waals surface area contributed by atoms with Gasteiger partial charge in [-0.05, 0) is 48.6 Å². The average Bonchev–Trinajstić information content (AvgIpc) is 3.43. The summed E-state index contributed by atoms with van der Waals surface area (Å²) in [6.45, 7) is 2.12. The third-order valence-electron chi connectivity index (χ3n) is 7.68. The number of ether oxygens (including phenoxy) is 2. The minimum absolute atomic E-state index is 0.171. The number of imide groups is 1. The van der Waals surface area contributed by atoms with Crippen molar-refractivity contribution in [2.45, 2.75) is 31.8 Å². The Hall–Kier alpha value is -3.88. The van der Waals surface area contributed by atoms with Crippen LogP contribution in [0.1, 0.15) is 40.5 Å². The molecule has 8 nitrogen and oxygen atoms in total. The van der Waals surface area contributed by atoms with Crippen LogP contribution in [-0.2, 0) is 0 Å². The van der Waals surface area contributed by atoms with Gasteiger partial charge in [-0.15, -0.1) is 0 Å². The van der Waals surface area contributed by atoms with E-state index in [1.165, 1.54) is 19.1 Å². The maximum absolute atomic E-state index is 13.2. The Bertz CT molecular complexity index is 1610. The molecule has 3 aromatic carbocycles. The maximum atomic E-state index is 13.2. The van der Waals surface area contributed by atoms with Gasteiger partial charge in [0.15, 0.2) is 0 Å². The second kappa shape index (κ2) is 10.3. The number of halogens is 2. The predicted octanol–water partition coefficient (Wildman–Crippen LogP) is 6.50. The van der Waals surface area contributed by atoms with E-state index in [9.17, 15) is 9.59 Å². The first-order valence-electron chi connectivity index (χ1n) is 12.9. The summed E-state index contributed by atoms with van der Waals surface area (Å²) in [6.07, 6.45) is 3.22. The topological polar surface area (TPSA) is 93.7 Å². The number of methoxy groups -OCH3 is 2. The largest absolute Gasteiger partial charge is 0.495 e. The summed E-state index contributed by atoms with van der Waals surface area (Å²) in [5, 5.41) is 4.95. The van der Waals surface area contributed by atoms with Crippen molar-refractivity contribution in [2.75, 3.05) is 19.5 Å². The number of rotatable bonds is 6. The van der Waals surface area contributed by atoms with E-state index in [-0.39, 0.29) is 23.9 Å². The molecular formula is C30H26Cl2N4O4. The van der Waals surface area contributed by atoms with Crippen molar-refractivity contribution in [3.63, 3.8) is 0 Å². The molecule has 6 rings (SSSR count). The van der Waals surface area contributed by atoms with Gasteiger partial charge in [0.25, 0.3) is 11.8 Å². The SMILES string of the molecule is COc1cc(OC)c(Cl)c(-c2ccc3nc(N[C@@H]4CC(C)C[C@@H]4N4C(=O)c5ccccc5C4=O)ncc3c2)c1Cl. The standard InChI is InChI=1S/C30H26Cl2N4O4/c1-15-10-21(22(11-15)36-28(37)18-6-4-5-7-19(18)29(36)38)35-30-33-14-17-12-16(8-9-20(17)34-30)25-26(31)23(39-2)13-24(40-3)27(25)32/h4-9,12-15,21-22H,10-11H2,1-3H3,(H,33,34,35)/t15?,21-,22+/m1/s1. The molecule has 3 atom stereocenters. The summed E-state index contributed by atoms with van der Waals surface area (Å²) in [5.74, 6) is 1.17. The Morgan fingerprint density at radius 2 is 1.57 bits per heavy atom.